The Hall–Kier alpha value is -2.68. The summed E-state index contributed by atoms with van der Waals surface area (Å²) in [5, 5.41) is 32.6. The molecule has 0 aromatic heterocycles. The number of carbonyl (C=O) groups excluding carboxylic acids is 1. The number of nitro groups is 1. The average Bonchev–Trinajstić information content (AvgIpc) is 2.39. The molecule has 0 aliphatic carbocycles. The van der Waals surface area contributed by atoms with E-state index in [1.807, 2.05) is 0 Å². The van der Waals surface area contributed by atoms with Crippen molar-refractivity contribution in [1.82, 2.24) is 5.32 Å². The molecule has 108 valence electrons. The summed E-state index contributed by atoms with van der Waals surface area (Å²) >= 11 is 0. The lowest BCUT2D eigenvalue weighted by molar-refractivity contribution is -0.384. The first-order valence-corrected chi connectivity index (χ1v) is 5.60. The number of urea groups is 1. The van der Waals surface area contributed by atoms with Crippen molar-refractivity contribution in [2.24, 2.45) is 0 Å². The minimum atomic E-state index is -1.53. The summed E-state index contributed by atoms with van der Waals surface area (Å²) in [4.78, 5) is 31.6. The number of anilines is 1. The molecule has 1 rings (SSSR count). The predicted molar refractivity (Wildman–Crippen MR) is 68.4 cm³/mol. The molecule has 0 unspecified atom stereocenters. The van der Waals surface area contributed by atoms with Crippen molar-refractivity contribution in [3.8, 4) is 0 Å². The monoisotopic (exact) mass is 283 g/mol. The second kappa shape index (κ2) is 7.04. The van der Waals surface area contributed by atoms with Crippen molar-refractivity contribution in [1.29, 1.82) is 0 Å². The second-order valence-electron chi connectivity index (χ2n) is 3.83. The van der Waals surface area contributed by atoms with Gasteiger partial charge in [-0.1, -0.05) is 0 Å². The fourth-order valence-electron chi connectivity index (χ4n) is 1.29. The van der Waals surface area contributed by atoms with Gasteiger partial charge in [0.2, 0.25) is 0 Å². The number of nitro benzene ring substituents is 1. The highest BCUT2D eigenvalue weighted by Crippen LogP contribution is 2.15. The molecule has 0 fully saturated rings. The third-order valence-corrected chi connectivity index (χ3v) is 2.32. The molecule has 0 saturated carbocycles. The topological polar surface area (TPSA) is 142 Å². The van der Waals surface area contributed by atoms with Gasteiger partial charge in [0, 0.05) is 30.8 Å². The maximum atomic E-state index is 11.4. The number of aliphatic hydroxyl groups is 1. The van der Waals surface area contributed by atoms with Crippen LogP contribution < -0.4 is 10.6 Å². The van der Waals surface area contributed by atoms with Gasteiger partial charge in [0.1, 0.15) is 0 Å². The Labute approximate surface area is 113 Å². The van der Waals surface area contributed by atoms with Crippen LogP contribution in [0.3, 0.4) is 0 Å². The molecule has 20 heavy (non-hydrogen) atoms. The zero-order valence-electron chi connectivity index (χ0n) is 10.3. The van der Waals surface area contributed by atoms with Crippen LogP contribution in [0.15, 0.2) is 24.3 Å². The summed E-state index contributed by atoms with van der Waals surface area (Å²) in [6, 6.07) is 4.61. The Balaban J connectivity index is 2.39. The minimum absolute atomic E-state index is 0.0215. The van der Waals surface area contributed by atoms with Gasteiger partial charge in [0.25, 0.3) is 5.69 Å². The van der Waals surface area contributed by atoms with E-state index >= 15 is 0 Å². The van der Waals surface area contributed by atoms with Gasteiger partial charge in [-0.3, -0.25) is 10.1 Å². The van der Waals surface area contributed by atoms with Crippen molar-refractivity contribution in [2.75, 3.05) is 11.9 Å². The summed E-state index contributed by atoms with van der Waals surface area (Å²) in [6.07, 6.45) is -1.65. The quantitative estimate of drug-likeness (QED) is 0.443. The largest absolute Gasteiger partial charge is 0.479 e. The number of hydrogen-bond donors (Lipinski definition) is 4. The van der Waals surface area contributed by atoms with Crippen LogP contribution in [0.2, 0.25) is 0 Å². The van der Waals surface area contributed by atoms with Gasteiger partial charge in [-0.15, -0.1) is 0 Å². The van der Waals surface area contributed by atoms with E-state index in [1.54, 1.807) is 0 Å². The molecule has 4 N–H and O–H groups in total. The van der Waals surface area contributed by atoms with Gasteiger partial charge < -0.3 is 20.8 Å². The van der Waals surface area contributed by atoms with E-state index in [0.29, 0.717) is 5.69 Å². The maximum Gasteiger partial charge on any atom is 0.332 e. The fraction of sp³-hybridized carbons (Fsp3) is 0.273. The molecule has 9 nitrogen and oxygen atoms in total. The van der Waals surface area contributed by atoms with Crippen molar-refractivity contribution in [3.63, 3.8) is 0 Å². The van der Waals surface area contributed by atoms with E-state index in [1.165, 1.54) is 24.3 Å². The molecule has 0 saturated heterocycles. The van der Waals surface area contributed by atoms with Crippen LogP contribution in [-0.2, 0) is 4.79 Å². The van der Waals surface area contributed by atoms with Crippen molar-refractivity contribution < 1.29 is 24.7 Å². The third kappa shape index (κ3) is 4.90. The van der Waals surface area contributed by atoms with Gasteiger partial charge in [0.15, 0.2) is 6.10 Å². The summed E-state index contributed by atoms with van der Waals surface area (Å²) in [5.74, 6) is -1.36. The van der Waals surface area contributed by atoms with E-state index < -0.39 is 23.0 Å². The Kier molecular flexibility index (Phi) is 5.42. The highest BCUT2D eigenvalue weighted by molar-refractivity contribution is 5.89. The van der Waals surface area contributed by atoms with Gasteiger partial charge in [-0.25, -0.2) is 9.59 Å². The van der Waals surface area contributed by atoms with Crippen LogP contribution in [0.1, 0.15) is 6.42 Å². The van der Waals surface area contributed by atoms with Crippen LogP contribution >= 0.6 is 0 Å². The van der Waals surface area contributed by atoms with Crippen molar-refractivity contribution in [2.45, 2.75) is 12.5 Å². The Morgan fingerprint density at radius 3 is 2.40 bits per heavy atom. The van der Waals surface area contributed by atoms with Gasteiger partial charge >= 0.3 is 12.0 Å². The summed E-state index contributed by atoms with van der Waals surface area (Å²) < 4.78 is 0. The molecule has 0 heterocycles. The minimum Gasteiger partial charge on any atom is -0.479 e. The number of carbonyl (C=O) groups is 2. The number of non-ortho nitro benzene ring substituents is 1. The molecule has 9 heteroatoms. The summed E-state index contributed by atoms with van der Waals surface area (Å²) in [7, 11) is 0. The maximum absolute atomic E-state index is 11.4. The Morgan fingerprint density at radius 1 is 1.30 bits per heavy atom. The smallest absolute Gasteiger partial charge is 0.332 e. The molecule has 1 aromatic rings. The first-order chi connectivity index (χ1) is 9.40. The van der Waals surface area contributed by atoms with Crippen molar-refractivity contribution in [3.05, 3.63) is 34.4 Å². The fourth-order valence-corrected chi connectivity index (χ4v) is 1.29. The number of aliphatic carboxylic acids is 1. The van der Waals surface area contributed by atoms with Gasteiger partial charge in [-0.2, -0.15) is 0 Å². The summed E-state index contributed by atoms with van der Waals surface area (Å²) in [6.45, 7) is -0.0215. The van der Waals surface area contributed by atoms with E-state index in [9.17, 15) is 19.7 Å². The number of carboxylic acid groups (broad SMARTS) is 1. The standard InChI is InChI=1S/C11H13N3O6/c15-9(10(16)17)5-6-12-11(18)13-7-1-3-8(4-2-7)14(19)20/h1-4,9,15H,5-6H2,(H,16,17)(H2,12,13,18)/t9-/m0/s1. The molecule has 0 spiro atoms. The zero-order chi connectivity index (χ0) is 15.1. The van der Waals surface area contributed by atoms with Crippen LogP contribution in [0.5, 0.6) is 0 Å². The van der Waals surface area contributed by atoms with E-state index in [0.717, 1.165) is 0 Å². The number of aliphatic hydroxyl groups excluding tert-OH is 1. The molecule has 1 atom stereocenters. The highest BCUT2D eigenvalue weighted by Gasteiger charge is 2.13. The number of nitrogens with one attached hydrogen (secondary N) is 2. The lowest BCUT2D eigenvalue weighted by Crippen LogP contribution is -2.33. The predicted octanol–water partition coefficient (Wildman–Crippen LogP) is 0.552. The van der Waals surface area contributed by atoms with E-state index in [-0.39, 0.29) is 18.7 Å². The van der Waals surface area contributed by atoms with Crippen molar-refractivity contribution >= 4 is 23.4 Å². The molecule has 0 aliphatic heterocycles. The average molecular weight is 283 g/mol. The zero-order valence-corrected chi connectivity index (χ0v) is 10.3. The first kappa shape index (κ1) is 15.4. The Bertz CT molecular complexity index is 501. The molecular weight excluding hydrogens is 270 g/mol. The first-order valence-electron chi connectivity index (χ1n) is 5.60. The number of amides is 2. The van der Waals surface area contributed by atoms with Gasteiger partial charge in [-0.05, 0) is 12.1 Å². The molecule has 2 amide bonds. The van der Waals surface area contributed by atoms with E-state index in [4.69, 9.17) is 10.2 Å². The molecule has 0 bridgehead atoms. The highest BCUT2D eigenvalue weighted by atomic mass is 16.6. The number of nitrogens with zero attached hydrogens (tertiary/aromatic N) is 1. The number of benzene rings is 1. The van der Waals surface area contributed by atoms with Crippen LogP contribution in [0.4, 0.5) is 16.2 Å². The van der Waals surface area contributed by atoms with Crippen LogP contribution in [0.25, 0.3) is 0 Å². The molecule has 1 aromatic carbocycles. The Morgan fingerprint density at radius 2 is 1.90 bits per heavy atom. The third-order valence-electron chi connectivity index (χ3n) is 2.32. The SMILES string of the molecule is O=C(NCC[C@H](O)C(=O)O)Nc1ccc([N+](=O)[O-])cc1. The molecule has 0 aliphatic rings. The number of carboxylic acids is 1. The molecular formula is C11H13N3O6. The lowest BCUT2D eigenvalue weighted by Gasteiger charge is -2.08. The second-order valence-corrected chi connectivity index (χ2v) is 3.83. The molecule has 0 radical (unpaired) electrons. The summed E-state index contributed by atoms with van der Waals surface area (Å²) in [5.41, 5.74) is 0.257. The lowest BCUT2D eigenvalue weighted by atomic mass is 10.2. The van der Waals surface area contributed by atoms with Crippen LogP contribution in [0, 0.1) is 10.1 Å². The number of rotatable bonds is 6. The van der Waals surface area contributed by atoms with E-state index in [2.05, 4.69) is 10.6 Å². The number of hydrogen-bond acceptors (Lipinski definition) is 5. The normalized spacial score (nSPS) is 11.4. The van der Waals surface area contributed by atoms with Crippen LogP contribution in [-0.4, -0.2) is 39.8 Å². The van der Waals surface area contributed by atoms with Gasteiger partial charge in [0.05, 0.1) is 4.92 Å².